The van der Waals surface area contributed by atoms with Gasteiger partial charge in [-0.15, -0.1) is 0 Å². The van der Waals surface area contributed by atoms with Crippen molar-refractivity contribution >= 4 is 22.1 Å². The van der Waals surface area contributed by atoms with Crippen LogP contribution in [0.2, 0.25) is 0 Å². The van der Waals surface area contributed by atoms with Crippen LogP contribution in [0.4, 0.5) is 11.4 Å². The number of nitrogen functional groups attached to an aromatic ring is 1. The van der Waals surface area contributed by atoms with Gasteiger partial charge < -0.3 is 15.6 Å². The molecule has 2 heterocycles. The third kappa shape index (κ3) is 2.40. The van der Waals surface area contributed by atoms with Crippen molar-refractivity contribution in [2.45, 2.75) is 13.3 Å². The summed E-state index contributed by atoms with van der Waals surface area (Å²) in [6.45, 7) is 2.50. The zero-order valence-electron chi connectivity index (χ0n) is 11.1. The molecule has 3 N–H and O–H groups in total. The van der Waals surface area contributed by atoms with E-state index in [-0.39, 0.29) is 0 Å². The van der Waals surface area contributed by atoms with Gasteiger partial charge in [-0.05, 0) is 18.2 Å². The fraction of sp³-hybridized carbons (Fsp3) is 0.214. The van der Waals surface area contributed by atoms with E-state index in [1.807, 2.05) is 18.2 Å². The summed E-state index contributed by atoms with van der Waals surface area (Å²) in [6.07, 6.45) is 4.24. The Morgan fingerprint density at radius 3 is 2.95 bits per heavy atom. The molecule has 3 rings (SSSR count). The summed E-state index contributed by atoms with van der Waals surface area (Å²) >= 11 is 0. The van der Waals surface area contributed by atoms with E-state index in [1.165, 1.54) is 0 Å². The van der Waals surface area contributed by atoms with Crippen LogP contribution in [-0.2, 0) is 6.42 Å². The number of anilines is 2. The van der Waals surface area contributed by atoms with Crippen LogP contribution in [0.3, 0.4) is 0 Å². The molecule has 6 nitrogen and oxygen atoms in total. The second-order valence-corrected chi connectivity index (χ2v) is 4.53. The standard InChI is InChI=1S/C14H15N5O/c1-9-18-14(19-20-9)5-7-17-13-3-2-12(15)11-8-16-6-4-10(11)13/h2-4,6,8,17H,5,7,15H2,1H3. The van der Waals surface area contributed by atoms with Gasteiger partial charge in [-0.25, -0.2) is 0 Å². The highest BCUT2D eigenvalue weighted by Gasteiger charge is 2.05. The number of nitrogens with two attached hydrogens (primary N) is 1. The van der Waals surface area contributed by atoms with E-state index in [4.69, 9.17) is 10.3 Å². The summed E-state index contributed by atoms with van der Waals surface area (Å²) < 4.78 is 4.94. The van der Waals surface area contributed by atoms with Gasteiger partial charge in [0.15, 0.2) is 5.82 Å². The number of rotatable bonds is 4. The average Bonchev–Trinajstić information content (AvgIpc) is 2.87. The van der Waals surface area contributed by atoms with Crippen molar-refractivity contribution in [1.29, 1.82) is 0 Å². The highest BCUT2D eigenvalue weighted by atomic mass is 16.5. The normalized spacial score (nSPS) is 10.8. The van der Waals surface area contributed by atoms with Crippen LogP contribution in [0.25, 0.3) is 10.8 Å². The molecule has 0 radical (unpaired) electrons. The van der Waals surface area contributed by atoms with E-state index in [9.17, 15) is 0 Å². The summed E-state index contributed by atoms with van der Waals surface area (Å²) in [4.78, 5) is 8.28. The number of nitrogens with one attached hydrogen (secondary N) is 1. The van der Waals surface area contributed by atoms with E-state index in [0.717, 1.165) is 28.7 Å². The summed E-state index contributed by atoms with van der Waals surface area (Å²) in [5, 5.41) is 9.25. The summed E-state index contributed by atoms with van der Waals surface area (Å²) in [6, 6.07) is 5.80. The van der Waals surface area contributed by atoms with Crippen LogP contribution < -0.4 is 11.1 Å². The molecule has 0 aliphatic carbocycles. The first-order valence-corrected chi connectivity index (χ1v) is 6.39. The molecule has 20 heavy (non-hydrogen) atoms. The molecule has 0 aliphatic rings. The highest BCUT2D eigenvalue weighted by molar-refractivity contribution is 6.00. The number of fused-ring (bicyclic) bond motifs is 1. The largest absolute Gasteiger partial charge is 0.398 e. The second-order valence-electron chi connectivity index (χ2n) is 4.53. The van der Waals surface area contributed by atoms with Gasteiger partial charge in [-0.2, -0.15) is 4.98 Å². The maximum absolute atomic E-state index is 5.95. The lowest BCUT2D eigenvalue weighted by Gasteiger charge is -2.10. The second kappa shape index (κ2) is 5.16. The molecular formula is C14H15N5O. The Morgan fingerprint density at radius 2 is 2.15 bits per heavy atom. The number of nitrogens with zero attached hydrogens (tertiary/aromatic N) is 3. The predicted octanol–water partition coefficient (Wildman–Crippen LogP) is 2.16. The van der Waals surface area contributed by atoms with Crippen LogP contribution >= 0.6 is 0 Å². The molecule has 3 aromatic rings. The lowest BCUT2D eigenvalue weighted by molar-refractivity contribution is 0.387. The minimum atomic E-state index is 0.587. The Labute approximate surface area is 116 Å². The van der Waals surface area contributed by atoms with Crippen molar-refractivity contribution in [3.05, 3.63) is 42.3 Å². The quantitative estimate of drug-likeness (QED) is 0.705. The lowest BCUT2D eigenvalue weighted by Crippen LogP contribution is -2.06. The molecular weight excluding hydrogens is 254 g/mol. The van der Waals surface area contributed by atoms with Crippen LogP contribution in [0.15, 0.2) is 35.1 Å². The molecule has 0 saturated carbocycles. The zero-order valence-corrected chi connectivity index (χ0v) is 11.1. The van der Waals surface area contributed by atoms with Gasteiger partial charge in [0, 0.05) is 54.4 Å². The van der Waals surface area contributed by atoms with Crippen LogP contribution in [0, 0.1) is 6.92 Å². The molecule has 2 aromatic heterocycles. The van der Waals surface area contributed by atoms with Crippen molar-refractivity contribution in [2.75, 3.05) is 17.6 Å². The molecule has 0 bridgehead atoms. The monoisotopic (exact) mass is 269 g/mol. The molecule has 0 spiro atoms. The molecule has 0 aliphatic heterocycles. The topological polar surface area (TPSA) is 89.9 Å². The summed E-state index contributed by atoms with van der Waals surface area (Å²) in [5.74, 6) is 1.29. The Morgan fingerprint density at radius 1 is 1.25 bits per heavy atom. The SMILES string of the molecule is Cc1nc(CCNc2ccc(N)c3cnccc23)no1. The fourth-order valence-corrected chi connectivity index (χ4v) is 2.12. The third-order valence-electron chi connectivity index (χ3n) is 3.09. The Balaban J connectivity index is 1.76. The average molecular weight is 269 g/mol. The van der Waals surface area contributed by atoms with Gasteiger partial charge >= 0.3 is 0 Å². The van der Waals surface area contributed by atoms with Gasteiger partial charge in [0.1, 0.15) is 0 Å². The maximum Gasteiger partial charge on any atom is 0.223 e. The number of benzene rings is 1. The number of hydrogen-bond donors (Lipinski definition) is 2. The zero-order chi connectivity index (χ0) is 13.9. The Kier molecular flexibility index (Phi) is 3.20. The van der Waals surface area contributed by atoms with E-state index >= 15 is 0 Å². The molecule has 0 atom stereocenters. The summed E-state index contributed by atoms with van der Waals surface area (Å²) in [7, 11) is 0. The first kappa shape index (κ1) is 12.4. The van der Waals surface area contributed by atoms with Crippen molar-refractivity contribution in [3.8, 4) is 0 Å². The van der Waals surface area contributed by atoms with Crippen LogP contribution in [0.1, 0.15) is 11.7 Å². The van der Waals surface area contributed by atoms with Crippen LogP contribution in [0.5, 0.6) is 0 Å². The first-order chi connectivity index (χ1) is 9.74. The maximum atomic E-state index is 5.95. The fourth-order valence-electron chi connectivity index (χ4n) is 2.12. The van der Waals surface area contributed by atoms with E-state index in [0.29, 0.717) is 18.1 Å². The smallest absolute Gasteiger partial charge is 0.223 e. The van der Waals surface area contributed by atoms with Gasteiger partial charge in [0.05, 0.1) is 0 Å². The molecule has 6 heteroatoms. The Bertz CT molecular complexity index is 737. The minimum absolute atomic E-state index is 0.587. The van der Waals surface area contributed by atoms with Crippen molar-refractivity contribution in [3.63, 3.8) is 0 Å². The summed E-state index contributed by atoms with van der Waals surface area (Å²) in [5.41, 5.74) is 7.70. The highest BCUT2D eigenvalue weighted by Crippen LogP contribution is 2.27. The number of aryl methyl sites for hydroxylation is 1. The van der Waals surface area contributed by atoms with E-state index in [2.05, 4.69) is 20.4 Å². The molecule has 0 fully saturated rings. The third-order valence-corrected chi connectivity index (χ3v) is 3.09. The minimum Gasteiger partial charge on any atom is -0.398 e. The molecule has 0 amide bonds. The number of aromatic nitrogens is 3. The van der Waals surface area contributed by atoms with Gasteiger partial charge in [0.2, 0.25) is 5.89 Å². The molecule has 102 valence electrons. The van der Waals surface area contributed by atoms with Gasteiger partial charge in [-0.3, -0.25) is 4.98 Å². The van der Waals surface area contributed by atoms with E-state index < -0.39 is 0 Å². The van der Waals surface area contributed by atoms with Crippen molar-refractivity contribution in [1.82, 2.24) is 15.1 Å². The first-order valence-electron chi connectivity index (χ1n) is 6.39. The molecule has 1 aromatic carbocycles. The van der Waals surface area contributed by atoms with Crippen LogP contribution in [-0.4, -0.2) is 21.7 Å². The number of pyridine rings is 1. The molecule has 0 saturated heterocycles. The van der Waals surface area contributed by atoms with Crippen molar-refractivity contribution in [2.24, 2.45) is 0 Å². The lowest BCUT2D eigenvalue weighted by atomic mass is 10.1. The van der Waals surface area contributed by atoms with Gasteiger partial charge in [0.25, 0.3) is 0 Å². The molecule has 0 unspecified atom stereocenters. The van der Waals surface area contributed by atoms with E-state index in [1.54, 1.807) is 19.3 Å². The van der Waals surface area contributed by atoms with Gasteiger partial charge in [-0.1, -0.05) is 5.16 Å². The predicted molar refractivity (Wildman–Crippen MR) is 77.4 cm³/mol. The van der Waals surface area contributed by atoms with Crippen molar-refractivity contribution < 1.29 is 4.52 Å². The Hall–Kier alpha value is -2.63. The number of hydrogen-bond acceptors (Lipinski definition) is 6.